The molecule has 0 spiro atoms. The SMILES string of the molecule is CNCC1CN(c2ccc(OC(C)C)cc2)CCO1. The van der Waals surface area contributed by atoms with Gasteiger partial charge >= 0.3 is 0 Å². The van der Waals surface area contributed by atoms with E-state index in [0.29, 0.717) is 0 Å². The largest absolute Gasteiger partial charge is 0.491 e. The van der Waals surface area contributed by atoms with Crippen LogP contribution < -0.4 is 15.0 Å². The monoisotopic (exact) mass is 264 g/mol. The van der Waals surface area contributed by atoms with Gasteiger partial charge in [0.2, 0.25) is 0 Å². The molecule has 0 amide bonds. The van der Waals surface area contributed by atoms with E-state index in [9.17, 15) is 0 Å². The summed E-state index contributed by atoms with van der Waals surface area (Å²) in [5.74, 6) is 0.929. The van der Waals surface area contributed by atoms with Gasteiger partial charge in [-0.1, -0.05) is 0 Å². The summed E-state index contributed by atoms with van der Waals surface area (Å²) in [5.41, 5.74) is 1.24. The Kier molecular flexibility index (Phi) is 5.05. The van der Waals surface area contributed by atoms with Gasteiger partial charge in [-0.3, -0.25) is 0 Å². The first-order chi connectivity index (χ1) is 9.19. The molecule has 1 aromatic rings. The average molecular weight is 264 g/mol. The highest BCUT2D eigenvalue weighted by Crippen LogP contribution is 2.22. The number of nitrogens with zero attached hydrogens (tertiary/aromatic N) is 1. The molecule has 1 heterocycles. The minimum Gasteiger partial charge on any atom is -0.491 e. The van der Waals surface area contributed by atoms with E-state index in [1.54, 1.807) is 0 Å². The van der Waals surface area contributed by atoms with E-state index < -0.39 is 0 Å². The van der Waals surface area contributed by atoms with Gasteiger partial charge in [0.1, 0.15) is 5.75 Å². The van der Waals surface area contributed by atoms with Crippen LogP contribution >= 0.6 is 0 Å². The van der Waals surface area contributed by atoms with Crippen molar-refractivity contribution < 1.29 is 9.47 Å². The molecule has 0 radical (unpaired) electrons. The summed E-state index contributed by atoms with van der Waals surface area (Å²) in [6, 6.07) is 8.33. The predicted molar refractivity (Wildman–Crippen MR) is 78.1 cm³/mol. The Hall–Kier alpha value is -1.26. The molecule has 4 heteroatoms. The van der Waals surface area contributed by atoms with Crippen molar-refractivity contribution >= 4 is 5.69 Å². The molecule has 1 aromatic carbocycles. The van der Waals surface area contributed by atoms with Gasteiger partial charge in [0.15, 0.2) is 0 Å². The minimum absolute atomic E-state index is 0.217. The van der Waals surface area contributed by atoms with Gasteiger partial charge < -0.3 is 19.7 Å². The second-order valence-corrected chi connectivity index (χ2v) is 5.16. The Bertz CT molecular complexity index is 376. The molecule has 1 aliphatic rings. The maximum Gasteiger partial charge on any atom is 0.119 e. The molecule has 0 bridgehead atoms. The Labute approximate surface area is 115 Å². The van der Waals surface area contributed by atoms with Crippen molar-refractivity contribution in [3.63, 3.8) is 0 Å². The van der Waals surface area contributed by atoms with E-state index in [0.717, 1.165) is 32.0 Å². The first kappa shape index (κ1) is 14.2. The number of anilines is 1. The highest BCUT2D eigenvalue weighted by Gasteiger charge is 2.19. The highest BCUT2D eigenvalue weighted by atomic mass is 16.5. The fourth-order valence-electron chi connectivity index (χ4n) is 2.31. The number of hydrogen-bond acceptors (Lipinski definition) is 4. The van der Waals surface area contributed by atoms with Gasteiger partial charge in [0, 0.05) is 25.3 Å². The van der Waals surface area contributed by atoms with Crippen molar-refractivity contribution in [2.75, 3.05) is 38.2 Å². The summed E-state index contributed by atoms with van der Waals surface area (Å²) in [4.78, 5) is 2.37. The molecular formula is C15H24N2O2. The zero-order valence-electron chi connectivity index (χ0n) is 12.1. The summed E-state index contributed by atoms with van der Waals surface area (Å²) in [7, 11) is 1.96. The van der Waals surface area contributed by atoms with Gasteiger partial charge in [-0.25, -0.2) is 0 Å². The summed E-state index contributed by atoms with van der Waals surface area (Å²) >= 11 is 0. The molecule has 1 fully saturated rings. The summed E-state index contributed by atoms with van der Waals surface area (Å²) in [5, 5.41) is 3.17. The van der Waals surface area contributed by atoms with E-state index in [2.05, 4.69) is 22.3 Å². The fraction of sp³-hybridized carbons (Fsp3) is 0.600. The van der Waals surface area contributed by atoms with Crippen molar-refractivity contribution in [2.24, 2.45) is 0 Å². The van der Waals surface area contributed by atoms with E-state index in [1.807, 2.05) is 33.0 Å². The predicted octanol–water partition coefficient (Wildman–Crippen LogP) is 1.90. The molecule has 1 saturated heterocycles. The lowest BCUT2D eigenvalue weighted by atomic mass is 10.2. The van der Waals surface area contributed by atoms with E-state index in [1.165, 1.54) is 5.69 Å². The van der Waals surface area contributed by atoms with Gasteiger partial charge in [0.25, 0.3) is 0 Å². The van der Waals surface area contributed by atoms with E-state index in [-0.39, 0.29) is 12.2 Å². The van der Waals surface area contributed by atoms with E-state index >= 15 is 0 Å². The molecule has 0 aliphatic carbocycles. The molecule has 1 N–H and O–H groups in total. The number of benzene rings is 1. The minimum atomic E-state index is 0.217. The highest BCUT2D eigenvalue weighted by molar-refractivity contribution is 5.49. The number of likely N-dealkylation sites (N-methyl/N-ethyl adjacent to an activating group) is 1. The van der Waals surface area contributed by atoms with Crippen LogP contribution in [0.5, 0.6) is 5.75 Å². The third kappa shape index (κ3) is 4.11. The fourth-order valence-corrected chi connectivity index (χ4v) is 2.31. The van der Waals surface area contributed by atoms with Crippen LogP contribution in [0.2, 0.25) is 0 Å². The Balaban J connectivity index is 1.97. The Morgan fingerprint density at radius 2 is 2.11 bits per heavy atom. The number of rotatable bonds is 5. The summed E-state index contributed by atoms with van der Waals surface area (Å²) < 4.78 is 11.4. The molecule has 1 aliphatic heterocycles. The molecule has 4 nitrogen and oxygen atoms in total. The van der Waals surface area contributed by atoms with Crippen LogP contribution in [0.3, 0.4) is 0 Å². The standard InChI is InChI=1S/C15H24N2O2/c1-12(2)19-14-6-4-13(5-7-14)17-8-9-18-15(11-17)10-16-3/h4-7,12,15-16H,8-11H2,1-3H3. The van der Waals surface area contributed by atoms with Crippen molar-refractivity contribution in [1.29, 1.82) is 0 Å². The average Bonchev–Trinajstić information content (AvgIpc) is 2.40. The summed E-state index contributed by atoms with van der Waals surface area (Å²) in [6.45, 7) is 7.65. The van der Waals surface area contributed by atoms with Gasteiger partial charge in [0.05, 0.1) is 18.8 Å². The third-order valence-electron chi connectivity index (χ3n) is 3.14. The first-order valence-corrected chi connectivity index (χ1v) is 6.97. The van der Waals surface area contributed by atoms with Crippen molar-refractivity contribution in [1.82, 2.24) is 5.32 Å². The van der Waals surface area contributed by atoms with Gasteiger partial charge in [-0.15, -0.1) is 0 Å². The normalized spacial score (nSPS) is 19.8. The Morgan fingerprint density at radius 1 is 1.37 bits per heavy atom. The van der Waals surface area contributed by atoms with Crippen LogP contribution in [-0.2, 0) is 4.74 Å². The second kappa shape index (κ2) is 6.78. The van der Waals surface area contributed by atoms with Crippen molar-refractivity contribution in [2.45, 2.75) is 26.1 Å². The van der Waals surface area contributed by atoms with Crippen molar-refractivity contribution in [3.05, 3.63) is 24.3 Å². The molecule has 106 valence electrons. The van der Waals surface area contributed by atoms with Crippen LogP contribution in [0.1, 0.15) is 13.8 Å². The number of hydrogen-bond donors (Lipinski definition) is 1. The zero-order valence-corrected chi connectivity index (χ0v) is 12.1. The third-order valence-corrected chi connectivity index (χ3v) is 3.14. The molecule has 1 atom stereocenters. The lowest BCUT2D eigenvalue weighted by molar-refractivity contribution is 0.0422. The van der Waals surface area contributed by atoms with Gasteiger partial charge in [-0.2, -0.15) is 0 Å². The topological polar surface area (TPSA) is 33.7 Å². The summed E-state index contributed by atoms with van der Waals surface area (Å²) in [6.07, 6.45) is 0.486. The second-order valence-electron chi connectivity index (χ2n) is 5.16. The maximum atomic E-state index is 5.72. The molecule has 0 aromatic heterocycles. The molecule has 1 unspecified atom stereocenters. The van der Waals surface area contributed by atoms with Crippen LogP contribution in [-0.4, -0.2) is 45.5 Å². The van der Waals surface area contributed by atoms with Crippen LogP contribution in [0, 0.1) is 0 Å². The smallest absolute Gasteiger partial charge is 0.119 e. The Morgan fingerprint density at radius 3 is 2.74 bits per heavy atom. The quantitative estimate of drug-likeness (QED) is 0.880. The lowest BCUT2D eigenvalue weighted by Gasteiger charge is -2.34. The molecule has 0 saturated carbocycles. The van der Waals surface area contributed by atoms with Gasteiger partial charge in [-0.05, 0) is 45.2 Å². The number of ether oxygens (including phenoxy) is 2. The van der Waals surface area contributed by atoms with Crippen LogP contribution in [0.15, 0.2) is 24.3 Å². The first-order valence-electron chi connectivity index (χ1n) is 6.97. The molecule has 19 heavy (non-hydrogen) atoms. The lowest BCUT2D eigenvalue weighted by Crippen LogP contribution is -2.46. The maximum absolute atomic E-state index is 5.72. The van der Waals surface area contributed by atoms with E-state index in [4.69, 9.17) is 9.47 Å². The molecule has 2 rings (SSSR count). The number of morpholine rings is 1. The van der Waals surface area contributed by atoms with Crippen molar-refractivity contribution in [3.8, 4) is 5.75 Å². The van der Waals surface area contributed by atoms with Crippen LogP contribution in [0.4, 0.5) is 5.69 Å². The van der Waals surface area contributed by atoms with Crippen LogP contribution in [0.25, 0.3) is 0 Å². The zero-order chi connectivity index (χ0) is 13.7. The molecular weight excluding hydrogens is 240 g/mol. The number of nitrogens with one attached hydrogen (secondary N) is 1.